The topological polar surface area (TPSA) is 143 Å². The number of ether oxygens (including phenoxy) is 2. The number of aromatic amines is 1. The lowest BCUT2D eigenvalue weighted by Gasteiger charge is -2.19. The lowest BCUT2D eigenvalue weighted by Crippen LogP contribution is -2.30. The summed E-state index contributed by atoms with van der Waals surface area (Å²) in [5.41, 5.74) is 0.191. The fourth-order valence-corrected chi connectivity index (χ4v) is 6.23. The van der Waals surface area contributed by atoms with Crippen LogP contribution < -0.4 is 15.0 Å². The Balaban J connectivity index is 1.42. The Morgan fingerprint density at radius 3 is 2.45 bits per heavy atom. The number of benzene rings is 3. The van der Waals surface area contributed by atoms with Crippen LogP contribution >= 0.6 is 11.6 Å². The summed E-state index contributed by atoms with van der Waals surface area (Å²) < 4.78 is 29.6. The van der Waals surface area contributed by atoms with Crippen LogP contribution in [0.4, 0.5) is 4.39 Å². The number of carbonyl (C=O) groups excluding carboxylic acids is 2. The molecule has 1 fully saturated rings. The van der Waals surface area contributed by atoms with Crippen molar-refractivity contribution < 1.29 is 23.5 Å². The van der Waals surface area contributed by atoms with Gasteiger partial charge in [-0.05, 0) is 48.7 Å². The Kier molecular flexibility index (Phi) is 7.64. The molecule has 0 atom stereocenters. The first-order valence-electron chi connectivity index (χ1n) is 15.1. The van der Waals surface area contributed by atoms with Gasteiger partial charge in [-0.2, -0.15) is 15.5 Å². The van der Waals surface area contributed by atoms with Crippen LogP contribution in [-0.4, -0.2) is 48.9 Å². The summed E-state index contributed by atoms with van der Waals surface area (Å²) in [6, 6.07) is 13.0. The molecule has 3 aromatic carbocycles. The van der Waals surface area contributed by atoms with Crippen molar-refractivity contribution in [2.75, 3.05) is 6.61 Å². The number of rotatable bonds is 10. The molecule has 5 aromatic rings. The lowest BCUT2D eigenvalue weighted by atomic mass is 9.95. The van der Waals surface area contributed by atoms with Crippen molar-refractivity contribution in [2.45, 2.75) is 25.0 Å². The van der Waals surface area contributed by atoms with Crippen LogP contribution in [0.2, 0.25) is 5.02 Å². The molecule has 0 radical (unpaired) electrons. The predicted octanol–water partition coefficient (Wildman–Crippen LogP) is 6.11. The molecule has 1 aliphatic carbocycles. The van der Waals surface area contributed by atoms with E-state index in [0.29, 0.717) is 24.0 Å². The number of nitriles is 1. The van der Waals surface area contributed by atoms with E-state index >= 15 is 4.39 Å². The molecule has 2 aliphatic rings. The first-order valence-corrected chi connectivity index (χ1v) is 15.5. The molecule has 2 aromatic heterocycles. The maximum Gasteiger partial charge on any atom is 0.275 e. The molecule has 7 rings (SSSR count). The van der Waals surface area contributed by atoms with Crippen molar-refractivity contribution >= 4 is 34.2 Å². The maximum absolute atomic E-state index is 16.1. The van der Waals surface area contributed by atoms with Crippen molar-refractivity contribution in [1.29, 1.82) is 5.26 Å². The smallest absolute Gasteiger partial charge is 0.275 e. The number of amides is 2. The van der Waals surface area contributed by atoms with Crippen molar-refractivity contribution in [1.82, 2.24) is 24.9 Å². The van der Waals surface area contributed by atoms with Gasteiger partial charge >= 0.3 is 0 Å². The molecule has 49 heavy (non-hydrogen) atoms. The molecule has 0 unspecified atom stereocenters. The van der Waals surface area contributed by atoms with Gasteiger partial charge < -0.3 is 9.47 Å². The van der Waals surface area contributed by atoms with E-state index in [-0.39, 0.29) is 74.1 Å². The van der Waals surface area contributed by atoms with E-state index in [1.54, 1.807) is 49.5 Å². The third-order valence-electron chi connectivity index (χ3n) is 8.69. The van der Waals surface area contributed by atoms with Crippen molar-refractivity contribution in [3.63, 3.8) is 0 Å². The van der Waals surface area contributed by atoms with Crippen molar-refractivity contribution in [3.8, 4) is 40.0 Å². The van der Waals surface area contributed by atoms with E-state index in [1.807, 2.05) is 0 Å². The highest BCUT2D eigenvalue weighted by Crippen LogP contribution is 2.47. The third kappa shape index (κ3) is 5.15. The minimum absolute atomic E-state index is 0.0290. The Hall–Kier alpha value is -6.06. The second-order valence-electron chi connectivity index (χ2n) is 11.7. The molecule has 3 heterocycles. The summed E-state index contributed by atoms with van der Waals surface area (Å²) in [5.74, 6) is -1.63. The van der Waals surface area contributed by atoms with Gasteiger partial charge in [-0.15, -0.1) is 0 Å². The zero-order valence-corrected chi connectivity index (χ0v) is 26.8. The molecule has 1 aliphatic heterocycles. The van der Waals surface area contributed by atoms with Gasteiger partial charge in [-0.25, -0.2) is 9.49 Å². The number of aromatic nitrogens is 4. The maximum atomic E-state index is 16.1. The van der Waals surface area contributed by atoms with Crippen molar-refractivity contribution in [3.05, 3.63) is 118 Å². The molecule has 1 N–H and O–H groups in total. The number of fused-ring (bicyclic) bond motifs is 2. The van der Waals surface area contributed by atoms with Gasteiger partial charge in [-0.3, -0.25) is 24.0 Å². The molecular weight excluding hydrogens is 651 g/mol. The van der Waals surface area contributed by atoms with Crippen LogP contribution in [0.3, 0.4) is 0 Å². The Morgan fingerprint density at radius 2 is 1.82 bits per heavy atom. The molecule has 244 valence electrons. The highest BCUT2D eigenvalue weighted by atomic mass is 35.5. The number of carbonyl (C=O) groups is 2. The van der Waals surface area contributed by atoms with E-state index in [2.05, 4.69) is 34.5 Å². The number of halogens is 2. The number of imide groups is 1. The monoisotopic (exact) mass is 676 g/mol. The summed E-state index contributed by atoms with van der Waals surface area (Å²) >= 11 is 6.39. The van der Waals surface area contributed by atoms with E-state index < -0.39 is 28.8 Å². The molecule has 0 spiro atoms. The minimum Gasteiger partial charge on any atom is -0.489 e. The molecule has 13 heteroatoms. The number of aryl methyl sites for hydroxylation is 1. The number of hydrogen-bond donors (Lipinski definition) is 1. The highest BCUT2D eigenvalue weighted by molar-refractivity contribution is 6.31. The van der Waals surface area contributed by atoms with E-state index in [4.69, 9.17) is 21.1 Å². The van der Waals surface area contributed by atoms with Gasteiger partial charge in [0.2, 0.25) is 0 Å². The fourth-order valence-electron chi connectivity index (χ4n) is 6.03. The Morgan fingerprint density at radius 1 is 1.10 bits per heavy atom. The van der Waals surface area contributed by atoms with Gasteiger partial charge in [0.1, 0.15) is 35.3 Å². The number of nitrogens with one attached hydrogen (secondary N) is 1. The molecule has 0 bridgehead atoms. The standard InChI is InChI=1S/C36H26ClFN6O5/c1-4-12-48-28-14-19(13-22-26(41-42-33(45)29(22)28)18-44-34(46)20-8-6-7-9-21(20)35(44)47)24-17-40-43(3)32(24)30-23(16-39)27(15-25(37)31(30)38)49-36(5-2)10-11-36/h4-9,13-15,17H,1-2,10-12,18H2,3H3,(H,42,45). The summed E-state index contributed by atoms with van der Waals surface area (Å²) in [7, 11) is 1.59. The molecule has 1 saturated carbocycles. The zero-order chi connectivity index (χ0) is 34.6. The Labute approximate surface area is 283 Å². The summed E-state index contributed by atoms with van der Waals surface area (Å²) in [4.78, 5) is 40.8. The molecular formula is C36H26ClFN6O5. The first-order chi connectivity index (χ1) is 23.6. The van der Waals surface area contributed by atoms with E-state index in [9.17, 15) is 19.6 Å². The van der Waals surface area contributed by atoms with Crippen LogP contribution in [0, 0.1) is 17.1 Å². The van der Waals surface area contributed by atoms with Crippen LogP contribution in [0.5, 0.6) is 11.5 Å². The average molecular weight is 677 g/mol. The van der Waals surface area contributed by atoms with E-state index in [0.717, 1.165) is 4.90 Å². The summed E-state index contributed by atoms with van der Waals surface area (Å²) in [6.45, 7) is 7.29. The predicted molar refractivity (Wildman–Crippen MR) is 179 cm³/mol. The molecule has 11 nitrogen and oxygen atoms in total. The fraction of sp³-hybridized carbons (Fsp3) is 0.167. The van der Waals surface area contributed by atoms with Crippen LogP contribution in [0.1, 0.15) is 44.8 Å². The van der Waals surface area contributed by atoms with Gasteiger partial charge in [0, 0.05) is 24.1 Å². The second kappa shape index (κ2) is 11.9. The minimum atomic E-state index is -0.854. The van der Waals surface area contributed by atoms with Gasteiger partial charge in [0.15, 0.2) is 5.82 Å². The number of nitrogens with zero attached hydrogens (tertiary/aromatic N) is 5. The van der Waals surface area contributed by atoms with Crippen molar-refractivity contribution in [2.24, 2.45) is 7.05 Å². The molecule has 0 saturated heterocycles. The zero-order valence-electron chi connectivity index (χ0n) is 26.0. The average Bonchev–Trinajstić information content (AvgIpc) is 3.72. The Bertz CT molecular complexity index is 2340. The number of H-pyrrole nitrogens is 1. The lowest BCUT2D eigenvalue weighted by molar-refractivity contribution is 0.0640. The number of hydrogen-bond acceptors (Lipinski definition) is 8. The third-order valence-corrected chi connectivity index (χ3v) is 8.96. The van der Waals surface area contributed by atoms with Crippen LogP contribution in [0.15, 0.2) is 78.8 Å². The van der Waals surface area contributed by atoms with Gasteiger partial charge in [0.05, 0.1) is 51.2 Å². The second-order valence-corrected chi connectivity index (χ2v) is 12.1. The van der Waals surface area contributed by atoms with Gasteiger partial charge in [0.25, 0.3) is 17.4 Å². The van der Waals surface area contributed by atoms with Gasteiger partial charge in [-0.1, -0.05) is 43.0 Å². The SMILES string of the molecule is C=CCOc1cc(-c2cnn(C)c2-c2c(F)c(Cl)cc(OC3(C=C)CC3)c2C#N)cc2c(CN3C(=O)c4ccccc4C3=O)n[nH]c(=O)c12. The van der Waals surface area contributed by atoms with E-state index in [1.165, 1.54) is 23.0 Å². The normalized spacial score (nSPS) is 14.4. The first kappa shape index (κ1) is 31.5. The summed E-state index contributed by atoms with van der Waals surface area (Å²) in [5, 5.41) is 21.5. The molecule has 2 amide bonds. The quantitative estimate of drug-likeness (QED) is 0.138. The van der Waals surface area contributed by atoms with Crippen LogP contribution in [-0.2, 0) is 13.6 Å². The largest absolute Gasteiger partial charge is 0.489 e. The summed E-state index contributed by atoms with van der Waals surface area (Å²) in [6.07, 6.45) is 6.00. The van der Waals surface area contributed by atoms with Crippen LogP contribution in [0.25, 0.3) is 33.2 Å². The highest BCUT2D eigenvalue weighted by Gasteiger charge is 2.43.